The largest absolute Gasteiger partial charge is 0.490 e. The van der Waals surface area contributed by atoms with Crippen LogP contribution in [0.1, 0.15) is 46.1 Å². The fourth-order valence-electron chi connectivity index (χ4n) is 2.80. The molecule has 1 unspecified atom stereocenters. The maximum Gasteiger partial charge on any atom is 0.241 e. The summed E-state index contributed by atoms with van der Waals surface area (Å²) >= 11 is 0. The van der Waals surface area contributed by atoms with Crippen LogP contribution in [-0.2, 0) is 9.53 Å². The Hall–Kier alpha value is -2.71. The summed E-state index contributed by atoms with van der Waals surface area (Å²) in [6.07, 6.45) is 4.12. The number of rotatable bonds is 10. The smallest absolute Gasteiger partial charge is 0.241 e. The molecule has 0 saturated carbocycles. The van der Waals surface area contributed by atoms with E-state index in [2.05, 4.69) is 15.7 Å². The first kappa shape index (κ1) is 23.6. The van der Waals surface area contributed by atoms with Crippen molar-refractivity contribution in [2.45, 2.75) is 52.2 Å². The normalized spacial score (nSPS) is 14.8. The van der Waals surface area contributed by atoms with Gasteiger partial charge in [-0.05, 0) is 57.5 Å². The lowest BCUT2D eigenvalue weighted by atomic mass is 10.0. The second-order valence-corrected chi connectivity index (χ2v) is 8.15. The third kappa shape index (κ3) is 7.27. The number of amides is 1. The van der Waals surface area contributed by atoms with Gasteiger partial charge >= 0.3 is 0 Å². The maximum absolute atomic E-state index is 12.0. The van der Waals surface area contributed by atoms with Gasteiger partial charge in [0.1, 0.15) is 25.1 Å². The summed E-state index contributed by atoms with van der Waals surface area (Å²) < 4.78 is 11.3. The highest BCUT2D eigenvalue weighted by molar-refractivity contribution is 5.92. The number of carbonyl (C=O) groups is 1. The number of nitrogens with one attached hydrogen (secondary N) is 3. The van der Waals surface area contributed by atoms with E-state index in [1.165, 1.54) is 0 Å². The van der Waals surface area contributed by atoms with Crippen molar-refractivity contribution in [3.63, 3.8) is 0 Å². The number of hydrogen-bond donors (Lipinski definition) is 4. The molecule has 1 aliphatic rings. The van der Waals surface area contributed by atoms with E-state index in [0.29, 0.717) is 42.1 Å². The lowest BCUT2D eigenvalue weighted by Crippen LogP contribution is -2.42. The SMILES string of the molecule is CCCC(=O)Nc1ccc(OCC(O)CNC(C)(C)C)c(C2=C(N=N)OCC=C2)c1. The highest BCUT2D eigenvalue weighted by atomic mass is 16.5. The third-order valence-electron chi connectivity index (χ3n) is 4.26. The summed E-state index contributed by atoms with van der Waals surface area (Å²) in [6.45, 7) is 8.83. The highest BCUT2D eigenvalue weighted by Gasteiger charge is 2.19. The van der Waals surface area contributed by atoms with E-state index in [4.69, 9.17) is 15.0 Å². The van der Waals surface area contributed by atoms with Crippen LogP contribution in [0.5, 0.6) is 5.75 Å². The molecule has 0 spiro atoms. The standard InChI is InChI=1S/C22H32N4O4/c1-5-7-20(28)25-15-9-10-19(30-14-16(27)13-24-22(2,3)4)18(12-15)17-8-6-11-29-21(17)26-23/h6,8-10,12,16,23-24,27H,5,7,11,13-14H2,1-4H3,(H,25,28). The first-order valence-electron chi connectivity index (χ1n) is 10.1. The van der Waals surface area contributed by atoms with E-state index in [1.807, 2.05) is 39.8 Å². The number of β-amino-alcohol motifs (C(OH)–C–C–N with tert-alkyl or cyclic N) is 1. The Bertz CT molecular complexity index is 812. The van der Waals surface area contributed by atoms with Crippen LogP contribution in [0.15, 0.2) is 41.3 Å². The van der Waals surface area contributed by atoms with Gasteiger partial charge in [0.05, 0.1) is 0 Å². The minimum atomic E-state index is -0.700. The lowest BCUT2D eigenvalue weighted by Gasteiger charge is -2.23. The van der Waals surface area contributed by atoms with Crippen molar-refractivity contribution in [3.8, 4) is 5.75 Å². The number of benzene rings is 1. The third-order valence-corrected chi connectivity index (χ3v) is 4.26. The van der Waals surface area contributed by atoms with Crippen LogP contribution in [0.25, 0.3) is 5.57 Å². The minimum absolute atomic E-state index is 0.0735. The van der Waals surface area contributed by atoms with E-state index in [-0.39, 0.29) is 23.9 Å². The van der Waals surface area contributed by atoms with Gasteiger partial charge in [-0.3, -0.25) is 4.79 Å². The quantitative estimate of drug-likeness (QED) is 0.433. The molecule has 0 bridgehead atoms. The predicted molar refractivity (Wildman–Crippen MR) is 116 cm³/mol. The lowest BCUT2D eigenvalue weighted by molar-refractivity contribution is -0.116. The zero-order valence-electron chi connectivity index (χ0n) is 18.1. The molecular formula is C22H32N4O4. The Morgan fingerprint density at radius 2 is 2.17 bits per heavy atom. The summed E-state index contributed by atoms with van der Waals surface area (Å²) in [6, 6.07) is 5.25. The fraction of sp³-hybridized carbons (Fsp3) is 0.500. The van der Waals surface area contributed by atoms with Gasteiger partial charge in [-0.15, -0.1) is 5.11 Å². The molecule has 4 N–H and O–H groups in total. The van der Waals surface area contributed by atoms with Gasteiger partial charge in [-0.2, -0.15) is 0 Å². The molecule has 1 aromatic rings. The average molecular weight is 417 g/mol. The molecule has 2 rings (SSSR count). The molecule has 1 aliphatic heterocycles. The molecule has 30 heavy (non-hydrogen) atoms. The highest BCUT2D eigenvalue weighted by Crippen LogP contribution is 2.34. The number of nitrogens with zero attached hydrogens (tertiary/aromatic N) is 1. The Kier molecular flexibility index (Phi) is 8.56. The number of hydrogen-bond acceptors (Lipinski definition) is 7. The Morgan fingerprint density at radius 1 is 1.40 bits per heavy atom. The van der Waals surface area contributed by atoms with Crippen molar-refractivity contribution in [1.82, 2.24) is 5.32 Å². The first-order chi connectivity index (χ1) is 14.2. The monoisotopic (exact) mass is 416 g/mol. The molecule has 0 radical (unpaired) electrons. The van der Waals surface area contributed by atoms with E-state index < -0.39 is 6.10 Å². The Morgan fingerprint density at radius 3 is 2.83 bits per heavy atom. The molecule has 1 amide bonds. The molecule has 0 saturated heterocycles. The van der Waals surface area contributed by atoms with Crippen molar-refractivity contribution in [2.75, 3.05) is 25.1 Å². The molecule has 0 aromatic heterocycles. The summed E-state index contributed by atoms with van der Waals surface area (Å²) in [5.74, 6) is 0.606. The molecular weight excluding hydrogens is 384 g/mol. The van der Waals surface area contributed by atoms with Gasteiger partial charge in [-0.1, -0.05) is 6.92 Å². The Balaban J connectivity index is 2.25. The zero-order chi connectivity index (χ0) is 22.1. The van der Waals surface area contributed by atoms with Crippen LogP contribution in [-0.4, -0.2) is 42.4 Å². The van der Waals surface area contributed by atoms with E-state index in [0.717, 1.165) is 6.42 Å². The van der Waals surface area contributed by atoms with Gasteiger partial charge in [-0.25, -0.2) is 5.53 Å². The number of anilines is 1. The summed E-state index contributed by atoms with van der Waals surface area (Å²) in [7, 11) is 0. The van der Waals surface area contributed by atoms with Gasteiger partial charge in [0.25, 0.3) is 0 Å². The molecule has 1 heterocycles. The first-order valence-corrected chi connectivity index (χ1v) is 10.1. The van der Waals surface area contributed by atoms with Crippen molar-refractivity contribution in [1.29, 1.82) is 5.53 Å². The van der Waals surface area contributed by atoms with Crippen LogP contribution in [0.2, 0.25) is 0 Å². The van der Waals surface area contributed by atoms with Crippen LogP contribution >= 0.6 is 0 Å². The minimum Gasteiger partial charge on any atom is -0.490 e. The predicted octanol–water partition coefficient (Wildman–Crippen LogP) is 3.84. The van der Waals surface area contributed by atoms with Crippen molar-refractivity contribution >= 4 is 17.2 Å². The molecule has 8 nitrogen and oxygen atoms in total. The van der Waals surface area contributed by atoms with Crippen LogP contribution in [0.3, 0.4) is 0 Å². The van der Waals surface area contributed by atoms with E-state index >= 15 is 0 Å². The van der Waals surface area contributed by atoms with Crippen LogP contribution < -0.4 is 15.4 Å². The van der Waals surface area contributed by atoms with E-state index in [9.17, 15) is 9.90 Å². The van der Waals surface area contributed by atoms with Crippen LogP contribution in [0, 0.1) is 5.53 Å². The van der Waals surface area contributed by atoms with Crippen LogP contribution in [0.4, 0.5) is 5.69 Å². The molecule has 1 atom stereocenters. The topological polar surface area (TPSA) is 116 Å². The second kappa shape index (κ2) is 10.9. The van der Waals surface area contributed by atoms with E-state index in [1.54, 1.807) is 18.2 Å². The summed E-state index contributed by atoms with van der Waals surface area (Å²) in [5, 5.41) is 19.8. The maximum atomic E-state index is 12.0. The molecule has 1 aromatic carbocycles. The Labute approximate surface area is 177 Å². The molecule has 8 heteroatoms. The molecule has 0 aliphatic carbocycles. The van der Waals surface area contributed by atoms with Crippen molar-refractivity contribution in [3.05, 3.63) is 41.8 Å². The van der Waals surface area contributed by atoms with Gasteiger partial charge < -0.3 is 25.2 Å². The number of carbonyl (C=O) groups excluding carboxylic acids is 1. The summed E-state index contributed by atoms with van der Waals surface area (Å²) in [4.78, 5) is 12.0. The fourth-order valence-corrected chi connectivity index (χ4v) is 2.80. The second-order valence-electron chi connectivity index (χ2n) is 8.15. The zero-order valence-corrected chi connectivity index (χ0v) is 18.1. The average Bonchev–Trinajstić information content (AvgIpc) is 2.70. The van der Waals surface area contributed by atoms with Crippen molar-refractivity contribution in [2.24, 2.45) is 5.11 Å². The summed E-state index contributed by atoms with van der Waals surface area (Å²) in [5.41, 5.74) is 9.12. The van der Waals surface area contributed by atoms with Gasteiger partial charge in [0.15, 0.2) is 0 Å². The molecule has 164 valence electrons. The number of ether oxygens (including phenoxy) is 2. The number of aliphatic hydroxyl groups is 1. The molecule has 0 fully saturated rings. The number of allylic oxidation sites excluding steroid dienone is 2. The number of aliphatic hydroxyl groups excluding tert-OH is 1. The van der Waals surface area contributed by atoms with Crippen molar-refractivity contribution < 1.29 is 19.4 Å². The van der Waals surface area contributed by atoms with Gasteiger partial charge in [0, 0.05) is 35.3 Å². The van der Waals surface area contributed by atoms with Gasteiger partial charge in [0.2, 0.25) is 11.8 Å².